The summed E-state index contributed by atoms with van der Waals surface area (Å²) in [5.74, 6) is 0.693. The SMILES string of the molecule is CC1(C)C(n2nnnc2-c2ccc(N)cc2Cl)C1(C)C. The molecule has 106 valence electrons. The summed E-state index contributed by atoms with van der Waals surface area (Å²) in [4.78, 5) is 0. The number of rotatable bonds is 2. The van der Waals surface area contributed by atoms with Gasteiger partial charge in [0.25, 0.3) is 0 Å². The minimum atomic E-state index is 0.150. The van der Waals surface area contributed by atoms with E-state index in [1.54, 1.807) is 6.07 Å². The fraction of sp³-hybridized carbons (Fsp3) is 0.500. The Labute approximate surface area is 123 Å². The van der Waals surface area contributed by atoms with E-state index in [2.05, 4.69) is 43.2 Å². The van der Waals surface area contributed by atoms with Crippen LogP contribution in [0.25, 0.3) is 11.4 Å². The topological polar surface area (TPSA) is 69.6 Å². The van der Waals surface area contributed by atoms with Gasteiger partial charge in [-0.1, -0.05) is 39.3 Å². The standard InChI is InChI=1S/C14H18ClN5/c1-13(2)12(14(13,3)4)20-11(17-18-19-20)9-6-5-8(16)7-10(9)15/h5-7,12H,16H2,1-4H3. The summed E-state index contributed by atoms with van der Waals surface area (Å²) in [5.41, 5.74) is 7.47. The summed E-state index contributed by atoms with van der Waals surface area (Å²) in [6.45, 7) is 8.92. The predicted octanol–water partition coefficient (Wildman–Crippen LogP) is 3.18. The molecule has 5 nitrogen and oxygen atoms in total. The molecular formula is C14H18ClN5. The van der Waals surface area contributed by atoms with Crippen LogP contribution in [0.15, 0.2) is 18.2 Å². The van der Waals surface area contributed by atoms with Crippen molar-refractivity contribution in [3.05, 3.63) is 23.2 Å². The third-order valence-electron chi connectivity index (χ3n) is 4.92. The van der Waals surface area contributed by atoms with Crippen molar-refractivity contribution in [2.75, 3.05) is 5.73 Å². The van der Waals surface area contributed by atoms with Crippen LogP contribution in [-0.4, -0.2) is 20.2 Å². The lowest BCUT2D eigenvalue weighted by molar-refractivity contribution is 0.457. The van der Waals surface area contributed by atoms with Gasteiger partial charge in [-0.2, -0.15) is 0 Å². The highest BCUT2D eigenvalue weighted by Gasteiger charge is 2.67. The number of anilines is 1. The minimum absolute atomic E-state index is 0.150. The average molecular weight is 292 g/mol. The van der Waals surface area contributed by atoms with E-state index in [0.717, 1.165) is 5.56 Å². The van der Waals surface area contributed by atoms with E-state index in [1.165, 1.54) is 0 Å². The summed E-state index contributed by atoms with van der Waals surface area (Å²) < 4.78 is 1.89. The van der Waals surface area contributed by atoms with Crippen molar-refractivity contribution >= 4 is 17.3 Å². The van der Waals surface area contributed by atoms with Gasteiger partial charge in [-0.25, -0.2) is 4.68 Å². The first-order valence-corrected chi connectivity index (χ1v) is 6.98. The monoisotopic (exact) mass is 291 g/mol. The van der Waals surface area contributed by atoms with E-state index < -0.39 is 0 Å². The molecule has 20 heavy (non-hydrogen) atoms. The van der Waals surface area contributed by atoms with Crippen molar-refractivity contribution in [3.63, 3.8) is 0 Å². The lowest BCUT2D eigenvalue weighted by Crippen LogP contribution is -2.06. The van der Waals surface area contributed by atoms with E-state index in [9.17, 15) is 0 Å². The molecule has 0 unspecified atom stereocenters. The van der Waals surface area contributed by atoms with Gasteiger partial charge in [0.2, 0.25) is 0 Å². The number of hydrogen-bond donors (Lipinski definition) is 1. The normalized spacial score (nSPS) is 20.1. The lowest BCUT2D eigenvalue weighted by atomic mass is 10.0. The molecule has 0 atom stereocenters. The summed E-state index contributed by atoms with van der Waals surface area (Å²) in [6.07, 6.45) is 0. The third-order valence-corrected chi connectivity index (χ3v) is 5.23. The average Bonchev–Trinajstić information content (AvgIpc) is 2.67. The van der Waals surface area contributed by atoms with Gasteiger partial charge in [-0.15, -0.1) is 5.10 Å². The fourth-order valence-electron chi connectivity index (χ4n) is 3.03. The molecule has 0 aliphatic heterocycles. The zero-order chi connectivity index (χ0) is 14.7. The molecule has 1 fully saturated rings. The van der Waals surface area contributed by atoms with Crippen LogP contribution in [0.5, 0.6) is 0 Å². The number of benzene rings is 1. The smallest absolute Gasteiger partial charge is 0.183 e. The minimum Gasteiger partial charge on any atom is -0.399 e. The first-order chi connectivity index (χ1) is 9.26. The van der Waals surface area contributed by atoms with Crippen molar-refractivity contribution < 1.29 is 0 Å². The second-order valence-corrected chi connectivity index (χ2v) is 6.94. The van der Waals surface area contributed by atoms with Gasteiger partial charge in [0, 0.05) is 11.3 Å². The molecule has 1 aromatic carbocycles. The highest BCUT2D eigenvalue weighted by atomic mass is 35.5. The Morgan fingerprint density at radius 2 is 1.85 bits per heavy atom. The number of nitrogens with two attached hydrogens (primary N) is 1. The van der Waals surface area contributed by atoms with Crippen molar-refractivity contribution in [2.45, 2.75) is 33.7 Å². The largest absolute Gasteiger partial charge is 0.399 e. The van der Waals surface area contributed by atoms with Crippen LogP contribution >= 0.6 is 11.6 Å². The zero-order valence-electron chi connectivity index (χ0n) is 12.1. The van der Waals surface area contributed by atoms with Crippen LogP contribution in [-0.2, 0) is 0 Å². The van der Waals surface area contributed by atoms with E-state index in [4.69, 9.17) is 17.3 Å². The van der Waals surface area contributed by atoms with E-state index in [0.29, 0.717) is 16.5 Å². The Morgan fingerprint density at radius 3 is 2.40 bits per heavy atom. The Hall–Kier alpha value is -1.62. The first kappa shape index (κ1) is 13.4. The van der Waals surface area contributed by atoms with Crippen LogP contribution in [0.1, 0.15) is 33.7 Å². The molecule has 1 heterocycles. The molecule has 0 spiro atoms. The number of nitrogen functional groups attached to an aromatic ring is 1. The molecular weight excluding hydrogens is 274 g/mol. The summed E-state index contributed by atoms with van der Waals surface area (Å²) in [5, 5.41) is 12.7. The molecule has 0 radical (unpaired) electrons. The molecule has 1 aromatic heterocycles. The maximum atomic E-state index is 6.27. The molecule has 0 saturated heterocycles. The number of nitrogens with zero attached hydrogens (tertiary/aromatic N) is 4. The van der Waals surface area contributed by atoms with Crippen LogP contribution in [0.4, 0.5) is 5.69 Å². The van der Waals surface area contributed by atoms with Crippen molar-refractivity contribution in [1.29, 1.82) is 0 Å². The van der Waals surface area contributed by atoms with Crippen molar-refractivity contribution in [2.24, 2.45) is 10.8 Å². The Bertz CT molecular complexity index is 660. The van der Waals surface area contributed by atoms with Crippen molar-refractivity contribution in [3.8, 4) is 11.4 Å². The zero-order valence-corrected chi connectivity index (χ0v) is 12.8. The molecule has 0 amide bonds. The molecule has 1 aliphatic rings. The lowest BCUT2D eigenvalue weighted by Gasteiger charge is -2.08. The number of aromatic nitrogens is 4. The van der Waals surface area contributed by atoms with E-state index in [1.807, 2.05) is 16.8 Å². The molecule has 3 rings (SSSR count). The predicted molar refractivity (Wildman–Crippen MR) is 79.3 cm³/mol. The second-order valence-electron chi connectivity index (χ2n) is 6.53. The Kier molecular flexibility index (Phi) is 2.64. The summed E-state index contributed by atoms with van der Waals surface area (Å²) in [7, 11) is 0. The number of halogens is 1. The van der Waals surface area contributed by atoms with Gasteiger partial charge in [-0.05, 0) is 39.5 Å². The summed E-state index contributed by atoms with van der Waals surface area (Å²) >= 11 is 6.27. The van der Waals surface area contributed by atoms with E-state index >= 15 is 0 Å². The van der Waals surface area contributed by atoms with Crippen molar-refractivity contribution in [1.82, 2.24) is 20.2 Å². The van der Waals surface area contributed by atoms with Gasteiger partial charge in [0.05, 0.1) is 11.1 Å². The quantitative estimate of drug-likeness (QED) is 0.863. The highest BCUT2D eigenvalue weighted by Crippen LogP contribution is 2.71. The maximum Gasteiger partial charge on any atom is 0.183 e. The van der Waals surface area contributed by atoms with Gasteiger partial charge < -0.3 is 5.73 Å². The van der Waals surface area contributed by atoms with Gasteiger partial charge in [0.15, 0.2) is 5.82 Å². The van der Waals surface area contributed by atoms with Crippen LogP contribution in [0.3, 0.4) is 0 Å². The van der Waals surface area contributed by atoms with Gasteiger partial charge in [-0.3, -0.25) is 0 Å². The van der Waals surface area contributed by atoms with Crippen LogP contribution < -0.4 is 5.73 Å². The van der Waals surface area contributed by atoms with Gasteiger partial charge in [0.1, 0.15) is 0 Å². The highest BCUT2D eigenvalue weighted by molar-refractivity contribution is 6.33. The molecule has 6 heteroatoms. The molecule has 1 aliphatic carbocycles. The number of tetrazole rings is 1. The molecule has 2 aromatic rings. The molecule has 0 bridgehead atoms. The Balaban J connectivity index is 2.09. The number of hydrogen-bond acceptors (Lipinski definition) is 4. The Morgan fingerprint density at radius 1 is 1.20 bits per heavy atom. The maximum absolute atomic E-state index is 6.27. The first-order valence-electron chi connectivity index (χ1n) is 6.60. The third kappa shape index (κ3) is 1.66. The summed E-state index contributed by atoms with van der Waals surface area (Å²) in [6, 6.07) is 5.65. The fourth-order valence-corrected chi connectivity index (χ4v) is 3.30. The molecule has 2 N–H and O–H groups in total. The van der Waals surface area contributed by atoms with E-state index in [-0.39, 0.29) is 16.9 Å². The van der Waals surface area contributed by atoms with Crippen LogP contribution in [0, 0.1) is 10.8 Å². The second kappa shape index (κ2) is 3.95. The molecule has 1 saturated carbocycles. The van der Waals surface area contributed by atoms with Crippen LogP contribution in [0.2, 0.25) is 5.02 Å². The van der Waals surface area contributed by atoms with Gasteiger partial charge >= 0.3 is 0 Å².